The predicted molar refractivity (Wildman–Crippen MR) is 32.0 cm³/mol. The van der Waals surface area contributed by atoms with Crippen LogP contribution in [0.3, 0.4) is 0 Å². The molecule has 0 radical (unpaired) electrons. The Bertz CT molecular complexity index is 138. The molecule has 0 heterocycles. The molecule has 0 bridgehead atoms. The highest BCUT2D eigenvalue weighted by molar-refractivity contribution is 5.79. The monoisotopic (exact) mass is 127 g/mol. The fourth-order valence-corrected chi connectivity index (χ4v) is 0.452. The number of hydrogen-bond donors (Lipinski definition) is 2. The Morgan fingerprint density at radius 1 is 2.00 bits per heavy atom. The Labute approximate surface area is 53.6 Å². The molecule has 0 saturated heterocycles. The first-order valence-electron chi connectivity index (χ1n) is 2.66. The molecule has 1 amide bonds. The van der Waals surface area contributed by atoms with E-state index in [0.717, 1.165) is 0 Å². The van der Waals surface area contributed by atoms with Crippen LogP contribution in [0.2, 0.25) is 0 Å². The third kappa shape index (κ3) is 2.54. The van der Waals surface area contributed by atoms with Gasteiger partial charge in [0, 0.05) is 0 Å². The zero-order chi connectivity index (χ0) is 7.28. The molecule has 0 spiro atoms. The normalized spacial score (nSPS) is 11.6. The minimum absolute atomic E-state index is 0.487. The molecule has 3 N–H and O–H groups in total. The number of nitrogens with two attached hydrogens (primary N) is 1. The highest BCUT2D eigenvalue weighted by Crippen LogP contribution is 1.85. The van der Waals surface area contributed by atoms with Crippen LogP contribution in [-0.2, 0) is 4.79 Å². The maximum absolute atomic E-state index is 10.3. The summed E-state index contributed by atoms with van der Waals surface area (Å²) in [4.78, 5) is 10.3. The summed E-state index contributed by atoms with van der Waals surface area (Å²) < 4.78 is 0. The molecule has 0 aromatic rings. The van der Waals surface area contributed by atoms with Crippen molar-refractivity contribution in [2.75, 3.05) is 0 Å². The number of primary amides is 1. The number of hydrogen-bond acceptors (Lipinski definition) is 3. The van der Waals surface area contributed by atoms with Gasteiger partial charge in [0.1, 0.15) is 6.04 Å². The second-order valence-electron chi connectivity index (χ2n) is 1.62. The summed E-state index contributed by atoms with van der Waals surface area (Å²) in [5.74, 6) is -0.487. The van der Waals surface area contributed by atoms with E-state index in [-0.39, 0.29) is 0 Å². The lowest BCUT2D eigenvalue weighted by Gasteiger charge is -2.05. The Hall–Kier alpha value is -1.24. The summed E-state index contributed by atoms with van der Waals surface area (Å²) in [7, 11) is 0. The number of carbonyl (C=O) groups excluding carboxylic acids is 1. The van der Waals surface area contributed by atoms with Crippen LogP contribution in [0.5, 0.6) is 0 Å². The minimum atomic E-state index is -0.505. The van der Waals surface area contributed by atoms with Crippen LogP contribution in [0.4, 0.5) is 0 Å². The SMILES string of the molecule is CCC(NC#N)C(N)=O. The molecule has 0 fully saturated rings. The highest BCUT2D eigenvalue weighted by Gasteiger charge is 2.09. The van der Waals surface area contributed by atoms with E-state index in [9.17, 15) is 4.79 Å². The van der Waals surface area contributed by atoms with Crippen molar-refractivity contribution in [1.29, 1.82) is 5.26 Å². The third-order valence-electron chi connectivity index (χ3n) is 0.990. The molecule has 0 aliphatic rings. The van der Waals surface area contributed by atoms with Crippen LogP contribution >= 0.6 is 0 Å². The molecule has 4 nitrogen and oxygen atoms in total. The van der Waals surface area contributed by atoms with Gasteiger partial charge >= 0.3 is 0 Å². The molecule has 0 aliphatic heterocycles. The summed E-state index contributed by atoms with van der Waals surface area (Å²) in [5, 5.41) is 10.3. The van der Waals surface area contributed by atoms with E-state index in [1.54, 1.807) is 13.1 Å². The van der Waals surface area contributed by atoms with Crippen LogP contribution in [0, 0.1) is 11.5 Å². The number of nitriles is 1. The van der Waals surface area contributed by atoms with Crippen LogP contribution in [0.15, 0.2) is 0 Å². The molecule has 1 unspecified atom stereocenters. The van der Waals surface area contributed by atoms with Gasteiger partial charge in [-0.05, 0) is 6.42 Å². The summed E-state index contributed by atoms with van der Waals surface area (Å²) in [6.45, 7) is 1.78. The van der Waals surface area contributed by atoms with E-state index in [1.807, 2.05) is 0 Å². The maximum Gasteiger partial charge on any atom is 0.240 e. The smallest absolute Gasteiger partial charge is 0.240 e. The highest BCUT2D eigenvalue weighted by atomic mass is 16.1. The standard InChI is InChI=1S/C5H9N3O/c1-2-4(5(7)9)8-3-6/h4,8H,2H2,1H3,(H2,7,9). The fourth-order valence-electron chi connectivity index (χ4n) is 0.452. The van der Waals surface area contributed by atoms with Crippen molar-refractivity contribution < 1.29 is 4.79 Å². The third-order valence-corrected chi connectivity index (χ3v) is 0.990. The van der Waals surface area contributed by atoms with E-state index in [1.165, 1.54) is 0 Å². The maximum atomic E-state index is 10.3. The fraction of sp³-hybridized carbons (Fsp3) is 0.600. The second kappa shape index (κ2) is 3.72. The van der Waals surface area contributed by atoms with Gasteiger partial charge in [-0.25, -0.2) is 0 Å². The summed E-state index contributed by atoms with van der Waals surface area (Å²) in [5.41, 5.74) is 4.88. The van der Waals surface area contributed by atoms with Gasteiger partial charge in [0.25, 0.3) is 0 Å². The zero-order valence-electron chi connectivity index (χ0n) is 5.22. The molecule has 0 saturated carbocycles. The number of nitrogens with zero attached hydrogens (tertiary/aromatic N) is 1. The lowest BCUT2D eigenvalue weighted by atomic mass is 10.2. The molecule has 1 atom stereocenters. The summed E-state index contributed by atoms with van der Waals surface area (Å²) >= 11 is 0. The number of amides is 1. The largest absolute Gasteiger partial charge is 0.368 e. The van der Waals surface area contributed by atoms with Crippen molar-refractivity contribution in [3.8, 4) is 6.19 Å². The van der Waals surface area contributed by atoms with Crippen LogP contribution in [0.25, 0.3) is 0 Å². The van der Waals surface area contributed by atoms with Gasteiger partial charge in [-0.15, -0.1) is 0 Å². The molecular weight excluding hydrogens is 118 g/mol. The molecule has 9 heavy (non-hydrogen) atoms. The molecule has 50 valence electrons. The van der Waals surface area contributed by atoms with Crippen LogP contribution < -0.4 is 11.1 Å². The van der Waals surface area contributed by atoms with Crippen molar-refractivity contribution in [2.24, 2.45) is 5.73 Å². The van der Waals surface area contributed by atoms with Crippen molar-refractivity contribution in [3.63, 3.8) is 0 Å². The molecule has 0 aromatic carbocycles. The van der Waals surface area contributed by atoms with Gasteiger partial charge in [0.05, 0.1) is 0 Å². The average molecular weight is 127 g/mol. The Morgan fingerprint density at radius 2 is 2.56 bits per heavy atom. The van der Waals surface area contributed by atoms with Gasteiger partial charge in [0.15, 0.2) is 6.19 Å². The zero-order valence-corrected chi connectivity index (χ0v) is 5.22. The Balaban J connectivity index is 3.71. The van der Waals surface area contributed by atoms with Crippen molar-refractivity contribution >= 4 is 5.91 Å². The van der Waals surface area contributed by atoms with Gasteiger partial charge in [-0.1, -0.05) is 6.92 Å². The number of rotatable bonds is 3. The predicted octanol–water partition coefficient (Wildman–Crippen LogP) is -0.679. The first kappa shape index (κ1) is 7.76. The number of nitrogens with one attached hydrogen (secondary N) is 1. The lowest BCUT2D eigenvalue weighted by Crippen LogP contribution is -2.38. The molecule has 0 rings (SSSR count). The van der Waals surface area contributed by atoms with E-state index >= 15 is 0 Å². The topological polar surface area (TPSA) is 78.9 Å². The first-order chi connectivity index (χ1) is 4.22. The molecular formula is C5H9N3O. The van der Waals surface area contributed by atoms with E-state index in [4.69, 9.17) is 11.0 Å². The molecule has 4 heteroatoms. The quantitative estimate of drug-likeness (QED) is 0.389. The molecule has 0 aliphatic carbocycles. The Kier molecular flexibility index (Phi) is 3.21. The van der Waals surface area contributed by atoms with Crippen LogP contribution in [0.1, 0.15) is 13.3 Å². The number of carbonyl (C=O) groups is 1. The van der Waals surface area contributed by atoms with Crippen LogP contribution in [-0.4, -0.2) is 11.9 Å². The first-order valence-corrected chi connectivity index (χ1v) is 2.66. The van der Waals surface area contributed by atoms with Crippen molar-refractivity contribution in [2.45, 2.75) is 19.4 Å². The van der Waals surface area contributed by atoms with Gasteiger partial charge < -0.3 is 11.1 Å². The van der Waals surface area contributed by atoms with E-state index in [2.05, 4.69) is 5.32 Å². The van der Waals surface area contributed by atoms with Gasteiger partial charge in [-0.2, -0.15) is 5.26 Å². The minimum Gasteiger partial charge on any atom is -0.368 e. The lowest BCUT2D eigenvalue weighted by molar-refractivity contribution is -0.119. The van der Waals surface area contributed by atoms with Crippen molar-refractivity contribution in [1.82, 2.24) is 5.32 Å². The second-order valence-corrected chi connectivity index (χ2v) is 1.62. The average Bonchev–Trinajstić information content (AvgIpc) is 1.82. The Morgan fingerprint density at radius 3 is 2.67 bits per heavy atom. The van der Waals surface area contributed by atoms with Gasteiger partial charge in [0.2, 0.25) is 5.91 Å². The van der Waals surface area contributed by atoms with Crippen molar-refractivity contribution in [3.05, 3.63) is 0 Å². The molecule has 0 aromatic heterocycles. The van der Waals surface area contributed by atoms with Gasteiger partial charge in [-0.3, -0.25) is 4.79 Å². The van der Waals surface area contributed by atoms with E-state index in [0.29, 0.717) is 6.42 Å². The van der Waals surface area contributed by atoms with E-state index < -0.39 is 11.9 Å². The summed E-state index contributed by atoms with van der Waals surface area (Å²) in [6.07, 6.45) is 2.19. The summed E-state index contributed by atoms with van der Waals surface area (Å²) in [6, 6.07) is -0.505.